The lowest BCUT2D eigenvalue weighted by Crippen LogP contribution is -2.52. The zero-order valence-electron chi connectivity index (χ0n) is 10.1. The summed E-state index contributed by atoms with van der Waals surface area (Å²) in [5.74, 6) is -1.93. The molecule has 0 aliphatic carbocycles. The van der Waals surface area contributed by atoms with E-state index in [1.807, 2.05) is 13.8 Å². The van der Waals surface area contributed by atoms with Gasteiger partial charge in [-0.15, -0.1) is 0 Å². The largest absolute Gasteiger partial charge is 0.475 e. The van der Waals surface area contributed by atoms with Gasteiger partial charge in [0.05, 0.1) is 18.4 Å². The second-order valence-corrected chi connectivity index (χ2v) is 4.44. The minimum absolute atomic E-state index is 0.175. The van der Waals surface area contributed by atoms with E-state index in [-0.39, 0.29) is 12.3 Å². The van der Waals surface area contributed by atoms with E-state index in [2.05, 4.69) is 5.32 Å². The maximum absolute atomic E-state index is 11.5. The first-order valence-corrected chi connectivity index (χ1v) is 5.44. The van der Waals surface area contributed by atoms with Gasteiger partial charge in [-0.05, 0) is 12.3 Å². The second-order valence-electron chi connectivity index (χ2n) is 4.44. The molecule has 0 bridgehead atoms. The molecular formula is C9H20BN3O4. The predicted molar refractivity (Wildman–Crippen MR) is 63.4 cm³/mol. The molecule has 98 valence electrons. The molecule has 7 nitrogen and oxygen atoms in total. The molecule has 0 aromatic rings. The van der Waals surface area contributed by atoms with E-state index in [0.717, 1.165) is 0 Å². The van der Waals surface area contributed by atoms with Crippen LogP contribution in [-0.4, -0.2) is 41.0 Å². The standard InChI is InChI=1S/C9H20BN3O4/c1-5(2)3-7(10(16)17)13-9(15)6(11)4-8(12)14/h5-7,16-17H,3-4,11H2,1-2H3,(H2,12,14)(H,13,15)/t6-,7-/m0/s1. The minimum atomic E-state index is -1.66. The fraction of sp³-hybridized carbons (Fsp3) is 0.778. The van der Waals surface area contributed by atoms with E-state index in [9.17, 15) is 9.59 Å². The summed E-state index contributed by atoms with van der Waals surface area (Å²) < 4.78 is 0. The Morgan fingerprint density at radius 3 is 2.24 bits per heavy atom. The molecule has 0 heterocycles. The topological polar surface area (TPSA) is 139 Å². The molecule has 8 heteroatoms. The summed E-state index contributed by atoms with van der Waals surface area (Å²) in [6, 6.07) is -1.07. The number of hydrogen-bond acceptors (Lipinski definition) is 5. The maximum atomic E-state index is 11.5. The van der Waals surface area contributed by atoms with Crippen molar-refractivity contribution in [3.8, 4) is 0 Å². The zero-order valence-corrected chi connectivity index (χ0v) is 10.1. The molecule has 17 heavy (non-hydrogen) atoms. The second kappa shape index (κ2) is 7.26. The van der Waals surface area contributed by atoms with Crippen LogP contribution < -0.4 is 16.8 Å². The molecule has 0 spiro atoms. The van der Waals surface area contributed by atoms with Crippen LogP contribution in [0.5, 0.6) is 0 Å². The van der Waals surface area contributed by atoms with Crippen LogP contribution in [0.25, 0.3) is 0 Å². The lowest BCUT2D eigenvalue weighted by molar-refractivity contribution is -0.126. The Labute approximate surface area is 101 Å². The Balaban J connectivity index is 4.34. The highest BCUT2D eigenvalue weighted by atomic mass is 16.4. The monoisotopic (exact) mass is 245 g/mol. The van der Waals surface area contributed by atoms with Gasteiger partial charge in [0, 0.05) is 0 Å². The summed E-state index contributed by atoms with van der Waals surface area (Å²) in [7, 11) is -1.66. The molecule has 0 aromatic carbocycles. The van der Waals surface area contributed by atoms with E-state index < -0.39 is 30.9 Å². The van der Waals surface area contributed by atoms with Gasteiger partial charge in [-0.1, -0.05) is 13.8 Å². The van der Waals surface area contributed by atoms with Crippen LogP contribution in [0.1, 0.15) is 26.7 Å². The van der Waals surface area contributed by atoms with E-state index in [1.54, 1.807) is 0 Å². The van der Waals surface area contributed by atoms with Crippen LogP contribution >= 0.6 is 0 Å². The van der Waals surface area contributed by atoms with Crippen molar-refractivity contribution in [2.24, 2.45) is 17.4 Å². The van der Waals surface area contributed by atoms with E-state index in [1.165, 1.54) is 0 Å². The highest BCUT2D eigenvalue weighted by Gasteiger charge is 2.28. The molecule has 0 unspecified atom stereocenters. The number of carbonyl (C=O) groups is 2. The molecule has 2 atom stereocenters. The van der Waals surface area contributed by atoms with Crippen LogP contribution in [0.2, 0.25) is 0 Å². The first-order chi connectivity index (χ1) is 7.73. The fourth-order valence-electron chi connectivity index (χ4n) is 1.36. The van der Waals surface area contributed by atoms with Crippen LogP contribution in [-0.2, 0) is 9.59 Å². The first-order valence-electron chi connectivity index (χ1n) is 5.44. The highest BCUT2D eigenvalue weighted by Crippen LogP contribution is 2.06. The molecular weight excluding hydrogens is 225 g/mol. The summed E-state index contributed by atoms with van der Waals surface area (Å²) in [6.07, 6.45) is 0.119. The predicted octanol–water partition coefficient (Wildman–Crippen LogP) is -2.27. The molecule has 0 rings (SSSR count). The normalized spacial score (nSPS) is 14.2. The maximum Gasteiger partial charge on any atom is 0.475 e. The number of nitrogens with one attached hydrogen (secondary N) is 1. The molecule has 0 aliphatic rings. The average Bonchev–Trinajstić information content (AvgIpc) is 2.14. The summed E-state index contributed by atoms with van der Waals surface area (Å²) in [5, 5.41) is 20.5. The van der Waals surface area contributed by atoms with Crippen LogP contribution in [0, 0.1) is 5.92 Å². The van der Waals surface area contributed by atoms with Crippen molar-refractivity contribution >= 4 is 18.9 Å². The summed E-state index contributed by atoms with van der Waals surface area (Å²) in [4.78, 5) is 22.1. The van der Waals surface area contributed by atoms with Crippen LogP contribution in [0.3, 0.4) is 0 Å². The average molecular weight is 245 g/mol. The van der Waals surface area contributed by atoms with Crippen molar-refractivity contribution in [2.75, 3.05) is 0 Å². The van der Waals surface area contributed by atoms with E-state index in [4.69, 9.17) is 21.5 Å². The Hall–Kier alpha value is -1.12. The number of rotatable bonds is 7. The van der Waals surface area contributed by atoms with Crippen LogP contribution in [0.15, 0.2) is 0 Å². The molecule has 0 radical (unpaired) electrons. The van der Waals surface area contributed by atoms with Crippen molar-refractivity contribution in [3.63, 3.8) is 0 Å². The molecule has 0 saturated carbocycles. The summed E-state index contributed by atoms with van der Waals surface area (Å²) in [6.45, 7) is 3.76. The van der Waals surface area contributed by atoms with Crippen LogP contribution in [0.4, 0.5) is 0 Å². The Bertz CT molecular complexity index is 273. The van der Waals surface area contributed by atoms with Crippen molar-refractivity contribution in [1.29, 1.82) is 0 Å². The lowest BCUT2D eigenvalue weighted by atomic mass is 9.75. The van der Waals surface area contributed by atoms with Gasteiger partial charge >= 0.3 is 7.12 Å². The SMILES string of the molecule is CC(C)C[C@H](NC(=O)[C@@H](N)CC(N)=O)B(O)O. The van der Waals surface area contributed by atoms with Crippen molar-refractivity contribution < 1.29 is 19.6 Å². The van der Waals surface area contributed by atoms with Crippen molar-refractivity contribution in [3.05, 3.63) is 0 Å². The van der Waals surface area contributed by atoms with E-state index in [0.29, 0.717) is 6.42 Å². The smallest absolute Gasteiger partial charge is 0.426 e. The number of amides is 2. The van der Waals surface area contributed by atoms with Gasteiger partial charge in [0.2, 0.25) is 11.8 Å². The zero-order chi connectivity index (χ0) is 13.6. The molecule has 7 N–H and O–H groups in total. The highest BCUT2D eigenvalue weighted by molar-refractivity contribution is 6.43. The fourth-order valence-corrected chi connectivity index (χ4v) is 1.36. The molecule has 0 aliphatic heterocycles. The van der Waals surface area contributed by atoms with Gasteiger partial charge in [0.1, 0.15) is 0 Å². The van der Waals surface area contributed by atoms with Crippen molar-refractivity contribution in [1.82, 2.24) is 5.32 Å². The Morgan fingerprint density at radius 2 is 1.88 bits per heavy atom. The van der Waals surface area contributed by atoms with Gasteiger partial charge in [0.15, 0.2) is 0 Å². The lowest BCUT2D eigenvalue weighted by Gasteiger charge is -2.21. The van der Waals surface area contributed by atoms with E-state index >= 15 is 0 Å². The first kappa shape index (κ1) is 15.9. The minimum Gasteiger partial charge on any atom is -0.426 e. The Kier molecular flexibility index (Phi) is 6.78. The molecule has 0 fully saturated rings. The van der Waals surface area contributed by atoms with Crippen molar-refractivity contribution in [2.45, 2.75) is 38.7 Å². The number of carbonyl (C=O) groups excluding carboxylic acids is 2. The summed E-state index contributed by atoms with van der Waals surface area (Å²) in [5.41, 5.74) is 10.3. The number of primary amides is 1. The number of hydrogen-bond donors (Lipinski definition) is 5. The Morgan fingerprint density at radius 1 is 1.35 bits per heavy atom. The van der Waals surface area contributed by atoms with Gasteiger partial charge in [-0.25, -0.2) is 0 Å². The summed E-state index contributed by atoms with van der Waals surface area (Å²) >= 11 is 0. The number of nitrogens with two attached hydrogens (primary N) is 2. The van der Waals surface area contributed by atoms with Gasteiger partial charge in [0.25, 0.3) is 0 Å². The third-order valence-corrected chi connectivity index (χ3v) is 2.17. The van der Waals surface area contributed by atoms with Gasteiger partial charge in [-0.2, -0.15) is 0 Å². The third kappa shape index (κ3) is 6.93. The molecule has 0 aromatic heterocycles. The van der Waals surface area contributed by atoms with Gasteiger partial charge < -0.3 is 26.8 Å². The quantitative estimate of drug-likeness (QED) is 0.322. The molecule has 2 amide bonds. The van der Waals surface area contributed by atoms with Gasteiger partial charge in [-0.3, -0.25) is 9.59 Å². The third-order valence-electron chi connectivity index (χ3n) is 2.17. The molecule has 0 saturated heterocycles.